The smallest absolute Gasteiger partial charge is 0.251 e. The Morgan fingerprint density at radius 1 is 0.825 bits per heavy atom. The number of carbonyl (C=O) groups excluding carboxylic acids is 1. The summed E-state index contributed by atoms with van der Waals surface area (Å²) in [6.07, 6.45) is 6.36. The molecule has 0 bridgehead atoms. The third-order valence-corrected chi connectivity index (χ3v) is 6.27. The van der Waals surface area contributed by atoms with Crippen molar-refractivity contribution in [3.63, 3.8) is 0 Å². The number of amides is 1. The topological polar surface area (TPSA) is 166 Å². The van der Waals surface area contributed by atoms with Crippen molar-refractivity contribution in [2.45, 2.75) is 51.6 Å². The monoisotopic (exact) mass is 546 g/mol. The van der Waals surface area contributed by atoms with Gasteiger partial charge < -0.3 is 30.0 Å². The lowest BCUT2D eigenvalue weighted by atomic mass is 9.91. The van der Waals surface area contributed by atoms with Gasteiger partial charge >= 0.3 is 0 Å². The van der Waals surface area contributed by atoms with Crippen LogP contribution in [0.4, 0.5) is 0 Å². The number of ether oxygens (including phenoxy) is 4. The van der Waals surface area contributed by atoms with Gasteiger partial charge in [0.1, 0.15) is 11.5 Å². The maximum absolute atomic E-state index is 13.2. The number of aromatic nitrogens is 2. The summed E-state index contributed by atoms with van der Waals surface area (Å²) in [5, 5.41) is 18.9. The molecule has 0 spiro atoms. The van der Waals surface area contributed by atoms with Crippen LogP contribution >= 0.6 is 0 Å². The molecular formula is C29H34N6O5. The van der Waals surface area contributed by atoms with Crippen LogP contribution in [0.25, 0.3) is 0 Å². The van der Waals surface area contributed by atoms with Crippen molar-refractivity contribution in [2.24, 2.45) is 5.73 Å². The minimum atomic E-state index is -0.252. The molecule has 1 saturated carbocycles. The van der Waals surface area contributed by atoms with E-state index in [1.54, 1.807) is 56.3 Å². The van der Waals surface area contributed by atoms with Gasteiger partial charge in [-0.15, -0.1) is 0 Å². The molecule has 40 heavy (non-hydrogen) atoms. The highest BCUT2D eigenvalue weighted by atomic mass is 16.5. The largest absolute Gasteiger partial charge is 0.478 e. The van der Waals surface area contributed by atoms with Gasteiger partial charge in [-0.3, -0.25) is 15.6 Å². The van der Waals surface area contributed by atoms with E-state index < -0.39 is 0 Å². The van der Waals surface area contributed by atoms with Gasteiger partial charge in [-0.2, -0.15) is 0 Å². The van der Waals surface area contributed by atoms with E-state index in [4.69, 9.17) is 35.5 Å². The van der Waals surface area contributed by atoms with Crippen LogP contribution in [0.2, 0.25) is 0 Å². The molecule has 0 saturated heterocycles. The molecule has 5 N–H and O–H groups in total. The van der Waals surface area contributed by atoms with E-state index in [-0.39, 0.29) is 41.5 Å². The van der Waals surface area contributed by atoms with Crippen LogP contribution < -0.4 is 20.5 Å². The Kier molecular flexibility index (Phi) is 9.63. The first-order chi connectivity index (χ1) is 19.3. The summed E-state index contributed by atoms with van der Waals surface area (Å²) >= 11 is 0. The quantitative estimate of drug-likeness (QED) is 0.208. The lowest BCUT2D eigenvalue weighted by Crippen LogP contribution is -2.40. The van der Waals surface area contributed by atoms with Crippen LogP contribution in [-0.2, 0) is 9.47 Å². The highest BCUT2D eigenvalue weighted by molar-refractivity contribution is 5.95. The van der Waals surface area contributed by atoms with Crippen molar-refractivity contribution in [3.05, 3.63) is 71.5 Å². The number of nitrogens with two attached hydrogens (primary N) is 1. The van der Waals surface area contributed by atoms with Crippen molar-refractivity contribution < 1.29 is 23.7 Å². The number of carbonyl (C=O) groups is 1. The molecule has 0 aliphatic heterocycles. The van der Waals surface area contributed by atoms with Crippen LogP contribution in [0.15, 0.2) is 54.9 Å². The molecule has 4 rings (SSSR count). The number of benzene rings is 1. The molecule has 11 nitrogen and oxygen atoms in total. The Bertz CT molecular complexity index is 1240. The summed E-state index contributed by atoms with van der Waals surface area (Å²) in [5.74, 6) is 1.01. The average Bonchev–Trinajstić information content (AvgIpc) is 2.95. The van der Waals surface area contributed by atoms with Crippen molar-refractivity contribution in [2.75, 3.05) is 13.2 Å². The number of hydrogen-bond donors (Lipinski definition) is 4. The molecule has 3 aromatic rings. The standard InChI is InChI=1S/C29H34N6O5/c1-3-37-27(31)18-5-11-25(33-16-18)39-23-13-20(29(36)35-22-9-7-21(30)8-10-22)14-24(15-23)40-26-12-6-19(17-34-26)28(32)38-4-2/h5-6,11-17,21-22,31-32H,3-4,7-10,30H2,1-2H3,(H,35,36). The minimum absolute atomic E-state index is 0.0227. The molecule has 1 aliphatic carbocycles. The van der Waals surface area contributed by atoms with Gasteiger partial charge in [-0.25, -0.2) is 9.97 Å². The zero-order valence-corrected chi connectivity index (χ0v) is 22.6. The zero-order chi connectivity index (χ0) is 28.5. The molecule has 0 atom stereocenters. The Morgan fingerprint density at radius 3 is 1.75 bits per heavy atom. The lowest BCUT2D eigenvalue weighted by molar-refractivity contribution is 0.0925. The summed E-state index contributed by atoms with van der Waals surface area (Å²) in [4.78, 5) is 21.7. The predicted molar refractivity (Wildman–Crippen MR) is 150 cm³/mol. The van der Waals surface area contributed by atoms with Crippen molar-refractivity contribution >= 4 is 17.7 Å². The van der Waals surface area contributed by atoms with Crippen LogP contribution in [0.1, 0.15) is 61.0 Å². The predicted octanol–water partition coefficient (Wildman–Crippen LogP) is 4.78. The van der Waals surface area contributed by atoms with E-state index in [0.717, 1.165) is 25.7 Å². The molecule has 0 radical (unpaired) electrons. The minimum Gasteiger partial charge on any atom is -0.478 e. The summed E-state index contributed by atoms with van der Waals surface area (Å²) in [6, 6.07) is 11.7. The number of nitrogens with one attached hydrogen (secondary N) is 3. The molecule has 11 heteroatoms. The number of pyridine rings is 2. The SMILES string of the molecule is CCOC(=N)c1ccc(Oc2cc(Oc3ccc(C(=N)OCC)cn3)cc(C(=O)NC3CCC(N)CC3)c2)nc1. The van der Waals surface area contributed by atoms with E-state index in [1.807, 2.05) is 0 Å². The molecule has 1 aliphatic rings. The second-order valence-electron chi connectivity index (χ2n) is 9.28. The molecule has 1 fully saturated rings. The third kappa shape index (κ3) is 7.76. The summed E-state index contributed by atoms with van der Waals surface area (Å²) in [6.45, 7) is 4.38. The lowest BCUT2D eigenvalue weighted by Gasteiger charge is -2.26. The molecule has 0 unspecified atom stereocenters. The summed E-state index contributed by atoms with van der Waals surface area (Å²) in [5.41, 5.74) is 7.40. The fraction of sp³-hybridized carbons (Fsp3) is 0.345. The Balaban J connectivity index is 1.55. The fourth-order valence-corrected chi connectivity index (χ4v) is 4.20. The van der Waals surface area contributed by atoms with Crippen molar-refractivity contribution in [3.8, 4) is 23.3 Å². The highest BCUT2D eigenvalue weighted by Gasteiger charge is 2.21. The van der Waals surface area contributed by atoms with Crippen molar-refractivity contribution in [1.29, 1.82) is 10.8 Å². The first-order valence-electron chi connectivity index (χ1n) is 13.3. The third-order valence-electron chi connectivity index (χ3n) is 6.27. The number of hydrogen-bond acceptors (Lipinski definition) is 10. The molecule has 1 aromatic carbocycles. The number of rotatable bonds is 10. The Hall–Kier alpha value is -4.51. The van der Waals surface area contributed by atoms with Gasteiger partial charge in [0.15, 0.2) is 0 Å². The zero-order valence-electron chi connectivity index (χ0n) is 22.6. The second kappa shape index (κ2) is 13.5. The van der Waals surface area contributed by atoms with Crippen LogP contribution in [0.5, 0.6) is 23.3 Å². The van der Waals surface area contributed by atoms with E-state index in [1.165, 1.54) is 12.4 Å². The first kappa shape index (κ1) is 28.5. The molecule has 2 aromatic heterocycles. The number of nitrogens with zero attached hydrogens (tertiary/aromatic N) is 2. The Labute approximate surface area is 233 Å². The molecular weight excluding hydrogens is 512 g/mol. The summed E-state index contributed by atoms with van der Waals surface area (Å²) in [7, 11) is 0. The molecule has 1 amide bonds. The van der Waals surface area contributed by atoms with Crippen LogP contribution in [0, 0.1) is 10.8 Å². The fourth-order valence-electron chi connectivity index (χ4n) is 4.20. The molecule has 2 heterocycles. The maximum atomic E-state index is 13.2. The van der Waals surface area contributed by atoms with Crippen molar-refractivity contribution in [1.82, 2.24) is 15.3 Å². The maximum Gasteiger partial charge on any atom is 0.251 e. The second-order valence-corrected chi connectivity index (χ2v) is 9.28. The van der Waals surface area contributed by atoms with Crippen LogP contribution in [0.3, 0.4) is 0 Å². The van der Waals surface area contributed by atoms with Gasteiger partial charge in [0.25, 0.3) is 5.91 Å². The van der Waals surface area contributed by atoms with E-state index in [9.17, 15) is 4.79 Å². The van der Waals surface area contributed by atoms with Gasteiger partial charge in [0.2, 0.25) is 23.6 Å². The van der Waals surface area contributed by atoms with Gasteiger partial charge in [-0.1, -0.05) is 0 Å². The van der Waals surface area contributed by atoms with E-state index in [0.29, 0.717) is 41.4 Å². The Morgan fingerprint density at radius 2 is 1.32 bits per heavy atom. The normalized spacial score (nSPS) is 16.5. The first-order valence-corrected chi connectivity index (χ1v) is 13.3. The van der Waals surface area contributed by atoms with Crippen LogP contribution in [-0.4, -0.2) is 53.0 Å². The summed E-state index contributed by atoms with van der Waals surface area (Å²) < 4.78 is 22.3. The highest BCUT2D eigenvalue weighted by Crippen LogP contribution is 2.30. The average molecular weight is 547 g/mol. The van der Waals surface area contributed by atoms with Gasteiger partial charge in [0.05, 0.1) is 24.3 Å². The van der Waals surface area contributed by atoms with Gasteiger partial charge in [0, 0.05) is 48.2 Å². The van der Waals surface area contributed by atoms with Gasteiger partial charge in [-0.05, 0) is 63.8 Å². The van der Waals surface area contributed by atoms with E-state index in [2.05, 4.69) is 15.3 Å². The van der Waals surface area contributed by atoms with E-state index >= 15 is 0 Å². The molecule has 210 valence electrons.